The van der Waals surface area contributed by atoms with Gasteiger partial charge in [0, 0.05) is 22.6 Å². The highest BCUT2D eigenvalue weighted by Crippen LogP contribution is 2.44. The zero-order chi connectivity index (χ0) is 24.7. The molecule has 0 aliphatic carbocycles. The van der Waals surface area contributed by atoms with Crippen LogP contribution in [0.25, 0.3) is 5.76 Å². The molecule has 1 saturated heterocycles. The number of carbonyl (C=O) groups excluding carboxylic acids is 2. The summed E-state index contributed by atoms with van der Waals surface area (Å²) < 4.78 is 5.13. The fraction of sp³-hybridized carbons (Fsp3) is 0.174. The normalized spacial score (nSPS) is 17.3. The lowest BCUT2D eigenvalue weighted by Gasteiger charge is -2.23. The number of aromatic nitrogens is 1. The third kappa shape index (κ3) is 3.91. The number of nitrogens with zero attached hydrogens (tertiary/aromatic N) is 3. The first-order valence-corrected chi connectivity index (χ1v) is 11.2. The number of ketones is 1. The van der Waals surface area contributed by atoms with E-state index in [4.69, 9.17) is 16.3 Å². The predicted octanol–water partition coefficient (Wildman–Crippen LogP) is 4.96. The van der Waals surface area contributed by atoms with Crippen molar-refractivity contribution >= 4 is 51.2 Å². The average molecular weight is 500 g/mol. The highest BCUT2D eigenvalue weighted by atomic mass is 35.5. The molecule has 34 heavy (non-hydrogen) atoms. The van der Waals surface area contributed by atoms with Crippen LogP contribution in [0, 0.1) is 24.0 Å². The SMILES string of the molecule is COc1ccc(C(O)=C2C(=O)C(=O)N(c3nc(C)c(C)s3)[C@H]2c2ccc([N+](=O)[O-])cc2)cc1Cl. The first kappa shape index (κ1) is 23.4. The number of Topliss-reactive ketones (excluding diaryl/α,β-unsaturated/α-hetero) is 1. The van der Waals surface area contributed by atoms with Gasteiger partial charge in [-0.3, -0.25) is 24.6 Å². The van der Waals surface area contributed by atoms with Crippen LogP contribution in [0.15, 0.2) is 48.0 Å². The van der Waals surface area contributed by atoms with Crippen LogP contribution in [-0.4, -0.2) is 33.8 Å². The highest BCUT2D eigenvalue weighted by Gasteiger charge is 2.48. The van der Waals surface area contributed by atoms with E-state index in [0.29, 0.717) is 17.0 Å². The fourth-order valence-electron chi connectivity index (χ4n) is 3.65. The Balaban J connectivity index is 1.93. The number of nitro groups is 1. The van der Waals surface area contributed by atoms with E-state index in [9.17, 15) is 24.8 Å². The van der Waals surface area contributed by atoms with Crippen molar-refractivity contribution in [2.75, 3.05) is 12.0 Å². The van der Waals surface area contributed by atoms with Gasteiger partial charge >= 0.3 is 5.91 Å². The van der Waals surface area contributed by atoms with Gasteiger partial charge in [0.2, 0.25) is 0 Å². The minimum absolute atomic E-state index is 0.149. The Labute approximate surface area is 203 Å². The fourth-order valence-corrected chi connectivity index (χ4v) is 4.85. The quantitative estimate of drug-likeness (QED) is 0.173. The van der Waals surface area contributed by atoms with Crippen molar-refractivity contribution in [1.29, 1.82) is 0 Å². The summed E-state index contributed by atoms with van der Waals surface area (Å²) in [7, 11) is 1.44. The van der Waals surface area contributed by atoms with Crippen LogP contribution in [-0.2, 0) is 9.59 Å². The van der Waals surface area contributed by atoms with Crippen LogP contribution >= 0.6 is 22.9 Å². The van der Waals surface area contributed by atoms with Crippen molar-refractivity contribution < 1.29 is 24.4 Å². The van der Waals surface area contributed by atoms with Gasteiger partial charge in [0.05, 0.1) is 34.4 Å². The summed E-state index contributed by atoms with van der Waals surface area (Å²) in [5, 5.41) is 22.8. The van der Waals surface area contributed by atoms with E-state index in [1.165, 1.54) is 65.8 Å². The lowest BCUT2D eigenvalue weighted by atomic mass is 9.95. The van der Waals surface area contributed by atoms with E-state index in [1.54, 1.807) is 6.92 Å². The molecule has 2 aromatic carbocycles. The van der Waals surface area contributed by atoms with E-state index < -0.39 is 28.4 Å². The van der Waals surface area contributed by atoms with Crippen LogP contribution in [0.2, 0.25) is 5.02 Å². The maximum atomic E-state index is 13.2. The molecular formula is C23H18ClN3O6S. The summed E-state index contributed by atoms with van der Waals surface area (Å²) in [6, 6.07) is 8.86. The molecule has 0 bridgehead atoms. The van der Waals surface area contributed by atoms with Crippen molar-refractivity contribution in [3.63, 3.8) is 0 Å². The smallest absolute Gasteiger partial charge is 0.301 e. The first-order chi connectivity index (χ1) is 16.1. The molecule has 174 valence electrons. The maximum absolute atomic E-state index is 13.2. The van der Waals surface area contributed by atoms with Crippen molar-refractivity contribution in [2.45, 2.75) is 19.9 Å². The summed E-state index contributed by atoms with van der Waals surface area (Å²) in [4.78, 5) is 43.4. The molecule has 1 amide bonds. The largest absolute Gasteiger partial charge is 0.507 e. The van der Waals surface area contributed by atoms with E-state index in [-0.39, 0.29) is 27.0 Å². The number of non-ortho nitro benzene ring substituents is 1. The minimum atomic E-state index is -1.05. The average Bonchev–Trinajstić information content (AvgIpc) is 3.28. The second-order valence-electron chi connectivity index (χ2n) is 7.51. The Kier molecular flexibility index (Phi) is 6.11. The summed E-state index contributed by atoms with van der Waals surface area (Å²) in [6.07, 6.45) is 0. The number of ether oxygens (including phenoxy) is 1. The van der Waals surface area contributed by atoms with Gasteiger partial charge < -0.3 is 9.84 Å². The van der Waals surface area contributed by atoms with Gasteiger partial charge in [0.25, 0.3) is 11.5 Å². The van der Waals surface area contributed by atoms with Gasteiger partial charge in [-0.15, -0.1) is 11.3 Å². The van der Waals surface area contributed by atoms with Crippen LogP contribution in [0.4, 0.5) is 10.8 Å². The molecule has 9 nitrogen and oxygen atoms in total. The summed E-state index contributed by atoms with van der Waals surface area (Å²) >= 11 is 7.43. The number of benzene rings is 2. The van der Waals surface area contributed by atoms with E-state index in [1.807, 2.05) is 6.92 Å². The Morgan fingerprint density at radius 1 is 1.21 bits per heavy atom. The van der Waals surface area contributed by atoms with Crippen molar-refractivity contribution in [2.24, 2.45) is 0 Å². The van der Waals surface area contributed by atoms with Gasteiger partial charge in [0.15, 0.2) is 5.13 Å². The van der Waals surface area contributed by atoms with Gasteiger partial charge in [-0.05, 0) is 49.7 Å². The van der Waals surface area contributed by atoms with Crippen LogP contribution < -0.4 is 9.64 Å². The number of amides is 1. The Morgan fingerprint density at radius 3 is 2.41 bits per heavy atom. The van der Waals surface area contributed by atoms with Crippen LogP contribution in [0.5, 0.6) is 5.75 Å². The molecule has 0 unspecified atom stereocenters. The van der Waals surface area contributed by atoms with Crippen LogP contribution in [0.3, 0.4) is 0 Å². The molecule has 1 fully saturated rings. The molecule has 1 N–H and O–H groups in total. The maximum Gasteiger partial charge on any atom is 0.301 e. The molecule has 0 spiro atoms. The zero-order valence-corrected chi connectivity index (χ0v) is 19.8. The number of hydrogen-bond donors (Lipinski definition) is 1. The van der Waals surface area contributed by atoms with Gasteiger partial charge in [-0.2, -0.15) is 0 Å². The standard InChI is InChI=1S/C23H18ClN3O6S/c1-11-12(2)34-23(25-11)26-19(13-4-7-15(8-5-13)27(31)32)18(21(29)22(26)30)20(28)14-6-9-17(33-3)16(24)10-14/h4-10,19,28H,1-3H3/t19-/m0/s1. The summed E-state index contributed by atoms with van der Waals surface area (Å²) in [5.41, 5.74) is 0.985. The van der Waals surface area contributed by atoms with Gasteiger partial charge in [-0.25, -0.2) is 4.98 Å². The monoisotopic (exact) mass is 499 g/mol. The molecule has 1 atom stereocenters. The third-order valence-corrected chi connectivity index (χ3v) is 6.88. The number of rotatable bonds is 5. The van der Waals surface area contributed by atoms with Crippen molar-refractivity contribution in [1.82, 2.24) is 4.98 Å². The molecule has 0 radical (unpaired) electrons. The number of carbonyl (C=O) groups is 2. The molecule has 1 aliphatic rings. The van der Waals surface area contributed by atoms with E-state index in [0.717, 1.165) is 4.88 Å². The minimum Gasteiger partial charge on any atom is -0.507 e. The number of hydrogen-bond acceptors (Lipinski definition) is 8. The lowest BCUT2D eigenvalue weighted by Crippen LogP contribution is -2.29. The zero-order valence-electron chi connectivity index (χ0n) is 18.2. The summed E-state index contributed by atoms with van der Waals surface area (Å²) in [6.45, 7) is 3.62. The number of halogens is 1. The second-order valence-corrected chi connectivity index (χ2v) is 9.09. The molecule has 3 aromatic rings. The number of nitro benzene ring substituents is 1. The van der Waals surface area contributed by atoms with Crippen molar-refractivity contribution in [3.05, 3.63) is 84.9 Å². The van der Waals surface area contributed by atoms with E-state index in [2.05, 4.69) is 4.98 Å². The lowest BCUT2D eigenvalue weighted by molar-refractivity contribution is -0.384. The number of aliphatic hydroxyl groups excluding tert-OH is 1. The molecule has 11 heteroatoms. The Morgan fingerprint density at radius 2 is 1.88 bits per heavy atom. The topological polar surface area (TPSA) is 123 Å². The molecule has 0 saturated carbocycles. The van der Waals surface area contributed by atoms with Crippen molar-refractivity contribution in [3.8, 4) is 5.75 Å². The summed E-state index contributed by atoms with van der Waals surface area (Å²) in [5.74, 6) is -1.82. The number of methoxy groups -OCH3 is 1. The predicted molar refractivity (Wildman–Crippen MR) is 127 cm³/mol. The number of aliphatic hydroxyl groups is 1. The number of thiazole rings is 1. The number of anilines is 1. The molecule has 2 heterocycles. The highest BCUT2D eigenvalue weighted by molar-refractivity contribution is 7.16. The van der Waals surface area contributed by atoms with Crippen LogP contribution in [0.1, 0.15) is 27.7 Å². The molecule has 1 aromatic heterocycles. The number of aryl methyl sites for hydroxylation is 2. The second kappa shape index (κ2) is 8.88. The van der Waals surface area contributed by atoms with E-state index >= 15 is 0 Å². The van der Waals surface area contributed by atoms with Gasteiger partial charge in [-0.1, -0.05) is 11.6 Å². The molecular weight excluding hydrogens is 482 g/mol. The first-order valence-electron chi connectivity index (χ1n) is 9.97. The molecule has 4 rings (SSSR count). The molecule has 1 aliphatic heterocycles. The van der Waals surface area contributed by atoms with Gasteiger partial charge in [0.1, 0.15) is 11.5 Å². The third-order valence-electron chi connectivity index (χ3n) is 5.51. The Bertz CT molecular complexity index is 1350. The Hall–Kier alpha value is -3.76.